The van der Waals surface area contributed by atoms with Crippen LogP contribution in [0.4, 0.5) is 11.4 Å². The number of methoxy groups -OCH3 is 1. The third-order valence-corrected chi connectivity index (χ3v) is 11.9. The minimum Gasteiger partial charge on any atom is -0.504 e. The summed E-state index contributed by atoms with van der Waals surface area (Å²) in [5.41, 5.74) is 4.92. The van der Waals surface area contributed by atoms with E-state index in [1.54, 1.807) is 48.5 Å². The second-order valence-corrected chi connectivity index (χ2v) is 15.0. The number of carbonyl (C=O) groups is 4. The van der Waals surface area contributed by atoms with Crippen molar-refractivity contribution in [3.8, 4) is 11.5 Å². The fourth-order valence-electron chi connectivity index (χ4n) is 9.14. The lowest BCUT2D eigenvalue weighted by atomic mass is 9.49. The molecule has 1 saturated carbocycles. The van der Waals surface area contributed by atoms with E-state index in [-0.39, 0.29) is 35.5 Å². The van der Waals surface area contributed by atoms with Crippen molar-refractivity contribution in [2.45, 2.75) is 31.1 Å². The number of amides is 4. The molecule has 0 radical (unpaired) electrons. The van der Waals surface area contributed by atoms with E-state index in [1.165, 1.54) is 19.2 Å². The average Bonchev–Trinajstić information content (AvgIpc) is 3.54. The van der Waals surface area contributed by atoms with Crippen molar-refractivity contribution in [3.63, 3.8) is 0 Å². The fourth-order valence-corrected chi connectivity index (χ4v) is 9.60. The molecule has 2 aliphatic heterocycles. The number of phenols is 1. The Morgan fingerprint density at radius 3 is 2.32 bits per heavy atom. The normalized spacial score (nSPS) is 26.2. The van der Waals surface area contributed by atoms with Gasteiger partial charge in [-0.2, -0.15) is 5.01 Å². The Bertz CT molecular complexity index is 2210. The standard InChI is InChI=1S/C40H35BBrN3O8/c1-21-11-13-25(14-12-21)43-45-37(48)31-20-29-27(15-16-28-33(29)38(49)44(36(28)47)26-10-6-9-23(17-26)41(51)52)34(30-18-24(42)19-32(53-2)35(30)46)40(31,39(45)50)22-7-4-3-5-8-22/h3-15,17-19,28-29,31,33-34,43,46,51-52H,16,20H2,1-2H3. The van der Waals surface area contributed by atoms with Crippen molar-refractivity contribution in [3.05, 3.63) is 124 Å². The number of allylic oxidation sites excluding steroid dienone is 2. The molecule has 4 N–H and O–H groups in total. The zero-order valence-corrected chi connectivity index (χ0v) is 30.4. The Kier molecular flexibility index (Phi) is 8.55. The summed E-state index contributed by atoms with van der Waals surface area (Å²) >= 11 is 3.56. The number of hydrazine groups is 1. The van der Waals surface area contributed by atoms with E-state index in [0.717, 1.165) is 15.5 Å². The van der Waals surface area contributed by atoms with E-state index in [0.29, 0.717) is 26.9 Å². The molecule has 8 rings (SSSR count). The smallest absolute Gasteiger partial charge is 0.488 e. The monoisotopic (exact) mass is 775 g/mol. The third kappa shape index (κ3) is 5.24. The number of benzene rings is 4. The van der Waals surface area contributed by atoms with Gasteiger partial charge in [-0.3, -0.25) is 29.5 Å². The van der Waals surface area contributed by atoms with Gasteiger partial charge in [0.05, 0.1) is 41.7 Å². The van der Waals surface area contributed by atoms with Crippen LogP contribution in [0.25, 0.3) is 0 Å². The molecule has 11 nitrogen and oxygen atoms in total. The second-order valence-electron chi connectivity index (χ2n) is 14.1. The number of hydrogen-bond donors (Lipinski definition) is 4. The maximum Gasteiger partial charge on any atom is 0.488 e. The van der Waals surface area contributed by atoms with Crippen molar-refractivity contribution < 1.29 is 39.1 Å². The number of fused-ring (bicyclic) bond motifs is 4. The van der Waals surface area contributed by atoms with Gasteiger partial charge in [-0.25, -0.2) is 0 Å². The van der Waals surface area contributed by atoms with Crippen LogP contribution < -0.4 is 20.5 Å². The lowest BCUT2D eigenvalue weighted by molar-refractivity contribution is -0.138. The highest BCUT2D eigenvalue weighted by molar-refractivity contribution is 9.10. The van der Waals surface area contributed by atoms with Crippen LogP contribution in [0.2, 0.25) is 0 Å². The van der Waals surface area contributed by atoms with Crippen LogP contribution in [0.15, 0.2) is 107 Å². The first-order valence-corrected chi connectivity index (χ1v) is 18.1. The van der Waals surface area contributed by atoms with Gasteiger partial charge in [0.1, 0.15) is 0 Å². The first kappa shape index (κ1) is 34.8. The molecule has 4 aliphatic rings. The van der Waals surface area contributed by atoms with E-state index in [9.17, 15) is 29.5 Å². The highest BCUT2D eigenvalue weighted by atomic mass is 79.9. The van der Waals surface area contributed by atoms with Crippen molar-refractivity contribution in [2.24, 2.45) is 23.7 Å². The molecule has 2 saturated heterocycles. The summed E-state index contributed by atoms with van der Waals surface area (Å²) in [7, 11) is -0.379. The Labute approximate surface area is 314 Å². The summed E-state index contributed by atoms with van der Waals surface area (Å²) in [4.78, 5) is 60.0. The highest BCUT2D eigenvalue weighted by Gasteiger charge is 2.70. The minimum absolute atomic E-state index is 0.0726. The Hall–Kier alpha value is -5.24. The first-order chi connectivity index (χ1) is 25.5. The van der Waals surface area contributed by atoms with Crippen molar-refractivity contribution in [1.82, 2.24) is 5.01 Å². The third-order valence-electron chi connectivity index (χ3n) is 11.4. The predicted octanol–water partition coefficient (Wildman–Crippen LogP) is 4.34. The van der Waals surface area contributed by atoms with Gasteiger partial charge in [0.15, 0.2) is 11.5 Å². The molecule has 0 aromatic heterocycles. The van der Waals surface area contributed by atoms with Crippen molar-refractivity contribution >= 4 is 63.5 Å². The Morgan fingerprint density at radius 2 is 1.62 bits per heavy atom. The number of rotatable bonds is 7. The molecule has 0 bridgehead atoms. The zero-order valence-electron chi connectivity index (χ0n) is 28.8. The van der Waals surface area contributed by atoms with Crippen LogP contribution in [0.5, 0.6) is 11.5 Å². The summed E-state index contributed by atoms with van der Waals surface area (Å²) < 4.78 is 6.14. The molecule has 6 unspecified atom stereocenters. The first-order valence-electron chi connectivity index (χ1n) is 17.3. The Morgan fingerprint density at radius 1 is 0.887 bits per heavy atom. The molecule has 6 atom stereocenters. The number of carbonyl (C=O) groups excluding carboxylic acids is 4. The second kappa shape index (κ2) is 13.0. The van der Waals surface area contributed by atoms with Crippen LogP contribution in [0, 0.1) is 30.6 Å². The molecule has 3 fully saturated rings. The van der Waals surface area contributed by atoms with Gasteiger partial charge in [0.25, 0.3) is 11.8 Å². The van der Waals surface area contributed by atoms with E-state index >= 15 is 4.79 Å². The largest absolute Gasteiger partial charge is 0.504 e. The number of anilines is 2. The van der Waals surface area contributed by atoms with Gasteiger partial charge in [-0.1, -0.05) is 87.7 Å². The summed E-state index contributed by atoms with van der Waals surface area (Å²) in [6, 6.07) is 25.7. The summed E-state index contributed by atoms with van der Waals surface area (Å²) in [6.07, 6.45) is 2.15. The number of phenolic OH excluding ortho intramolecular Hbond substituents is 1. The molecule has 13 heteroatoms. The molecule has 4 amide bonds. The number of hydrogen-bond acceptors (Lipinski definition) is 9. The molecule has 4 aromatic carbocycles. The predicted molar refractivity (Wildman–Crippen MR) is 200 cm³/mol. The molecule has 0 spiro atoms. The minimum atomic E-state index is -1.80. The van der Waals surface area contributed by atoms with Gasteiger partial charge < -0.3 is 19.9 Å². The SMILES string of the molecule is COc1cc(Br)cc(C2C3=CCC4C(=O)N(c5cccc(B(O)O)c5)C(=O)C4C3CC3C(=O)N(Nc4ccc(C)cc4)C(=O)C32c2ccccc2)c1O. The van der Waals surface area contributed by atoms with E-state index in [4.69, 9.17) is 4.74 Å². The van der Waals surface area contributed by atoms with E-state index < -0.39 is 65.8 Å². The van der Waals surface area contributed by atoms with Crippen LogP contribution in [0.3, 0.4) is 0 Å². The molecule has 53 heavy (non-hydrogen) atoms. The maximum atomic E-state index is 15.3. The average molecular weight is 776 g/mol. The van der Waals surface area contributed by atoms with Crippen LogP contribution in [0.1, 0.15) is 35.4 Å². The zero-order chi connectivity index (χ0) is 37.3. The molecular formula is C40H35BBrN3O8. The van der Waals surface area contributed by atoms with Crippen molar-refractivity contribution in [1.29, 1.82) is 0 Å². The number of ether oxygens (including phenoxy) is 1. The summed E-state index contributed by atoms with van der Waals surface area (Å²) in [6.45, 7) is 1.93. The molecule has 2 heterocycles. The van der Waals surface area contributed by atoms with Crippen LogP contribution in [-0.4, -0.2) is 58.0 Å². The van der Waals surface area contributed by atoms with Gasteiger partial charge in [-0.05, 0) is 73.1 Å². The summed E-state index contributed by atoms with van der Waals surface area (Å²) in [5, 5.41) is 32.6. The number of aryl methyl sites for hydroxylation is 1. The lowest BCUT2D eigenvalue weighted by Crippen LogP contribution is -2.53. The quantitative estimate of drug-likeness (QED) is 0.122. The fraction of sp³-hybridized carbons (Fsp3) is 0.250. The molecule has 268 valence electrons. The van der Waals surface area contributed by atoms with Crippen LogP contribution in [-0.2, 0) is 24.6 Å². The van der Waals surface area contributed by atoms with E-state index in [2.05, 4.69) is 21.4 Å². The number of nitrogens with one attached hydrogen (secondary N) is 1. The number of imide groups is 2. The number of aromatic hydroxyl groups is 1. The van der Waals surface area contributed by atoms with E-state index in [1.807, 2.05) is 43.3 Å². The summed E-state index contributed by atoms with van der Waals surface area (Å²) in [5.74, 6) is -6.28. The molecular weight excluding hydrogens is 741 g/mol. The number of halogens is 1. The van der Waals surface area contributed by atoms with Gasteiger partial charge in [0.2, 0.25) is 11.8 Å². The van der Waals surface area contributed by atoms with Gasteiger partial charge >= 0.3 is 7.12 Å². The maximum absolute atomic E-state index is 15.3. The van der Waals surface area contributed by atoms with Crippen molar-refractivity contribution in [2.75, 3.05) is 17.4 Å². The van der Waals surface area contributed by atoms with Gasteiger partial charge in [0, 0.05) is 16.0 Å². The Balaban J connectivity index is 1.33. The molecule has 2 aliphatic carbocycles. The van der Waals surface area contributed by atoms with Crippen LogP contribution >= 0.6 is 15.9 Å². The van der Waals surface area contributed by atoms with Gasteiger partial charge in [-0.15, -0.1) is 0 Å². The highest BCUT2D eigenvalue weighted by Crippen LogP contribution is 2.65. The number of nitrogens with zero attached hydrogens (tertiary/aromatic N) is 2. The topological polar surface area (TPSA) is 157 Å². The molecule has 4 aromatic rings. The lowest BCUT2D eigenvalue weighted by Gasteiger charge is -2.50.